The molecule has 68 valence electrons. The van der Waals surface area contributed by atoms with Crippen LogP contribution in [0.25, 0.3) is 0 Å². The van der Waals surface area contributed by atoms with Gasteiger partial charge in [0.15, 0.2) is 0 Å². The number of nitrogens with two attached hydrogens (primary N) is 1. The molecule has 0 aromatic rings. The van der Waals surface area contributed by atoms with Gasteiger partial charge >= 0.3 is 5.97 Å². The second kappa shape index (κ2) is 3.53. The van der Waals surface area contributed by atoms with Gasteiger partial charge in [0, 0.05) is 0 Å². The van der Waals surface area contributed by atoms with E-state index in [1.807, 2.05) is 0 Å². The molecule has 1 aliphatic rings. The summed E-state index contributed by atoms with van der Waals surface area (Å²) in [5.74, 6) is -1.28. The summed E-state index contributed by atoms with van der Waals surface area (Å²) in [5.41, 5.74) is 5.07. The minimum atomic E-state index is -0.558. The average Bonchev–Trinajstić information content (AvgIpc) is 2.50. The van der Waals surface area contributed by atoms with Gasteiger partial charge < -0.3 is 15.8 Å². The zero-order chi connectivity index (χ0) is 9.14. The quantitative estimate of drug-likeness (QED) is 0.503. The van der Waals surface area contributed by atoms with Crippen molar-refractivity contribution in [3.63, 3.8) is 0 Å². The molecule has 1 saturated heterocycles. The highest BCUT2D eigenvalue weighted by molar-refractivity contribution is 5.87. The fourth-order valence-electron chi connectivity index (χ4n) is 1.41. The highest BCUT2D eigenvalue weighted by Gasteiger charge is 2.36. The summed E-state index contributed by atoms with van der Waals surface area (Å²) in [7, 11) is 1.30. The number of esters is 1. The average molecular weight is 172 g/mol. The second-order valence-corrected chi connectivity index (χ2v) is 2.75. The van der Waals surface area contributed by atoms with Crippen LogP contribution in [0.15, 0.2) is 0 Å². The molecule has 1 fully saturated rings. The summed E-state index contributed by atoms with van der Waals surface area (Å²) in [5, 5.41) is 2.85. The van der Waals surface area contributed by atoms with Gasteiger partial charge in [0.2, 0.25) is 5.91 Å². The first-order valence-electron chi connectivity index (χ1n) is 3.77. The van der Waals surface area contributed by atoms with Crippen molar-refractivity contribution in [2.24, 2.45) is 11.7 Å². The van der Waals surface area contributed by atoms with E-state index in [9.17, 15) is 9.59 Å². The number of nitrogens with one attached hydrogen (secondary N) is 1. The SMILES string of the molecule is COC(=O)C1CCNC1C(N)=O. The maximum Gasteiger partial charge on any atom is 0.310 e. The van der Waals surface area contributed by atoms with Crippen molar-refractivity contribution < 1.29 is 14.3 Å². The van der Waals surface area contributed by atoms with Crippen LogP contribution < -0.4 is 11.1 Å². The molecule has 12 heavy (non-hydrogen) atoms. The van der Waals surface area contributed by atoms with E-state index in [4.69, 9.17) is 5.73 Å². The summed E-state index contributed by atoms with van der Waals surface area (Å²) in [6.07, 6.45) is 0.611. The summed E-state index contributed by atoms with van der Waals surface area (Å²) in [4.78, 5) is 21.8. The third-order valence-corrected chi connectivity index (χ3v) is 2.03. The van der Waals surface area contributed by atoms with Crippen LogP contribution in [-0.2, 0) is 14.3 Å². The Morgan fingerprint density at radius 2 is 2.25 bits per heavy atom. The molecule has 1 heterocycles. The van der Waals surface area contributed by atoms with Crippen LogP contribution in [0.4, 0.5) is 0 Å². The lowest BCUT2D eigenvalue weighted by Gasteiger charge is -2.12. The molecular formula is C7H12N2O3. The fraction of sp³-hybridized carbons (Fsp3) is 0.714. The van der Waals surface area contributed by atoms with Crippen molar-refractivity contribution in [1.82, 2.24) is 5.32 Å². The molecule has 1 amide bonds. The number of hydrogen-bond acceptors (Lipinski definition) is 4. The van der Waals surface area contributed by atoms with Crippen LogP contribution in [0.3, 0.4) is 0 Å². The molecule has 1 rings (SSSR count). The Kier molecular flexibility index (Phi) is 2.65. The maximum absolute atomic E-state index is 11.1. The zero-order valence-corrected chi connectivity index (χ0v) is 6.87. The Balaban J connectivity index is 2.63. The summed E-state index contributed by atoms with van der Waals surface area (Å²) >= 11 is 0. The molecule has 2 atom stereocenters. The molecular weight excluding hydrogens is 160 g/mol. The molecule has 0 aromatic heterocycles. The third-order valence-electron chi connectivity index (χ3n) is 2.03. The van der Waals surface area contributed by atoms with Gasteiger partial charge in [-0.15, -0.1) is 0 Å². The Morgan fingerprint density at radius 1 is 1.58 bits per heavy atom. The minimum absolute atomic E-state index is 0.371. The van der Waals surface area contributed by atoms with Crippen molar-refractivity contribution >= 4 is 11.9 Å². The first-order chi connectivity index (χ1) is 5.66. The largest absolute Gasteiger partial charge is 0.469 e. The molecule has 2 unspecified atom stereocenters. The Hall–Kier alpha value is -1.10. The number of carbonyl (C=O) groups excluding carboxylic acids is 2. The fourth-order valence-corrected chi connectivity index (χ4v) is 1.41. The van der Waals surface area contributed by atoms with E-state index < -0.39 is 17.9 Å². The van der Waals surface area contributed by atoms with Crippen molar-refractivity contribution in [1.29, 1.82) is 0 Å². The number of amides is 1. The first kappa shape index (κ1) is 8.99. The Bertz CT molecular complexity index is 205. The van der Waals surface area contributed by atoms with Crippen LogP contribution in [0.5, 0.6) is 0 Å². The highest BCUT2D eigenvalue weighted by atomic mass is 16.5. The van der Waals surface area contributed by atoms with Crippen molar-refractivity contribution in [3.05, 3.63) is 0 Å². The van der Waals surface area contributed by atoms with Gasteiger partial charge in [0.1, 0.15) is 0 Å². The molecule has 3 N–H and O–H groups in total. The van der Waals surface area contributed by atoms with Crippen LogP contribution in [0, 0.1) is 5.92 Å². The van der Waals surface area contributed by atoms with Gasteiger partial charge in [-0.3, -0.25) is 9.59 Å². The second-order valence-electron chi connectivity index (χ2n) is 2.75. The maximum atomic E-state index is 11.1. The Morgan fingerprint density at radius 3 is 2.75 bits per heavy atom. The predicted molar refractivity (Wildman–Crippen MR) is 41.1 cm³/mol. The molecule has 0 saturated carbocycles. The van der Waals surface area contributed by atoms with E-state index in [1.54, 1.807) is 0 Å². The number of ether oxygens (including phenoxy) is 1. The number of rotatable bonds is 2. The number of carbonyl (C=O) groups is 2. The van der Waals surface area contributed by atoms with Crippen LogP contribution in [0.1, 0.15) is 6.42 Å². The molecule has 5 heteroatoms. The molecule has 0 aliphatic carbocycles. The number of hydrogen-bond donors (Lipinski definition) is 2. The lowest BCUT2D eigenvalue weighted by molar-refractivity contribution is -0.147. The number of primary amides is 1. The standard InChI is InChI=1S/C7H12N2O3/c1-12-7(11)4-2-3-9-5(4)6(8)10/h4-5,9H,2-3H2,1H3,(H2,8,10). The van der Waals surface area contributed by atoms with E-state index in [2.05, 4.69) is 10.1 Å². The normalized spacial score (nSPS) is 28.4. The van der Waals surface area contributed by atoms with E-state index in [0.29, 0.717) is 13.0 Å². The van der Waals surface area contributed by atoms with Gasteiger partial charge in [-0.1, -0.05) is 0 Å². The van der Waals surface area contributed by atoms with E-state index in [1.165, 1.54) is 7.11 Å². The minimum Gasteiger partial charge on any atom is -0.469 e. The van der Waals surface area contributed by atoms with Gasteiger partial charge in [0.25, 0.3) is 0 Å². The highest BCUT2D eigenvalue weighted by Crippen LogP contribution is 2.16. The monoisotopic (exact) mass is 172 g/mol. The summed E-state index contributed by atoms with van der Waals surface area (Å²) in [6, 6.07) is -0.558. The molecule has 1 aliphatic heterocycles. The third kappa shape index (κ3) is 1.55. The summed E-state index contributed by atoms with van der Waals surface area (Å²) < 4.78 is 4.53. The topological polar surface area (TPSA) is 81.4 Å². The molecule has 5 nitrogen and oxygen atoms in total. The van der Waals surface area contributed by atoms with E-state index >= 15 is 0 Å². The smallest absolute Gasteiger partial charge is 0.310 e. The predicted octanol–water partition coefficient (Wildman–Crippen LogP) is -1.38. The van der Waals surface area contributed by atoms with Crippen molar-refractivity contribution in [2.45, 2.75) is 12.5 Å². The van der Waals surface area contributed by atoms with Crippen molar-refractivity contribution in [3.8, 4) is 0 Å². The lowest BCUT2D eigenvalue weighted by atomic mass is 10.0. The molecule has 0 radical (unpaired) electrons. The van der Waals surface area contributed by atoms with Gasteiger partial charge in [-0.05, 0) is 13.0 Å². The van der Waals surface area contributed by atoms with E-state index in [-0.39, 0.29) is 5.97 Å². The van der Waals surface area contributed by atoms with Crippen molar-refractivity contribution in [2.75, 3.05) is 13.7 Å². The first-order valence-corrected chi connectivity index (χ1v) is 3.77. The number of methoxy groups -OCH3 is 1. The van der Waals surface area contributed by atoms with E-state index in [0.717, 1.165) is 0 Å². The van der Waals surface area contributed by atoms with Gasteiger partial charge in [-0.2, -0.15) is 0 Å². The van der Waals surface area contributed by atoms with Crippen LogP contribution in [0.2, 0.25) is 0 Å². The zero-order valence-electron chi connectivity index (χ0n) is 6.87. The Labute approximate surface area is 70.2 Å². The van der Waals surface area contributed by atoms with Crippen LogP contribution in [-0.4, -0.2) is 31.6 Å². The molecule has 0 aromatic carbocycles. The molecule has 0 spiro atoms. The van der Waals surface area contributed by atoms with Gasteiger partial charge in [0.05, 0.1) is 19.1 Å². The summed E-state index contributed by atoms with van der Waals surface area (Å²) in [6.45, 7) is 0.632. The van der Waals surface area contributed by atoms with Gasteiger partial charge in [-0.25, -0.2) is 0 Å². The van der Waals surface area contributed by atoms with Crippen LogP contribution >= 0.6 is 0 Å². The lowest BCUT2D eigenvalue weighted by Crippen LogP contribution is -2.43. The molecule has 0 bridgehead atoms.